The number of thiophene rings is 1. The van der Waals surface area contributed by atoms with Gasteiger partial charge in [0.2, 0.25) is 0 Å². The van der Waals surface area contributed by atoms with Crippen LogP contribution in [0.4, 0.5) is 11.4 Å². The van der Waals surface area contributed by atoms with Crippen molar-refractivity contribution in [3.8, 4) is 0 Å². The van der Waals surface area contributed by atoms with Gasteiger partial charge in [0.1, 0.15) is 4.90 Å². The molecule has 0 amide bonds. The van der Waals surface area contributed by atoms with E-state index in [1.807, 2.05) is 31.1 Å². The first-order valence-electron chi connectivity index (χ1n) is 6.45. The molecule has 0 spiro atoms. The van der Waals surface area contributed by atoms with Gasteiger partial charge in [-0.3, -0.25) is 4.72 Å². The van der Waals surface area contributed by atoms with Crippen molar-refractivity contribution in [3.05, 3.63) is 40.6 Å². The lowest BCUT2D eigenvalue weighted by Crippen LogP contribution is -2.16. The Morgan fingerprint density at radius 1 is 1.14 bits per heavy atom. The molecule has 2 rings (SSSR count). The number of benzene rings is 1. The standard InChI is InChI=1S/C14H19N3O2S2/c1-15-10-13-14(8-9-20-13)21(18,19)16-11-4-6-12(7-5-11)17(2)3/h4-9,15-16H,10H2,1-3H3. The summed E-state index contributed by atoms with van der Waals surface area (Å²) in [4.78, 5) is 3.09. The second kappa shape index (κ2) is 6.46. The van der Waals surface area contributed by atoms with Gasteiger partial charge in [-0.05, 0) is 42.8 Å². The van der Waals surface area contributed by atoms with Crippen molar-refractivity contribution in [2.24, 2.45) is 0 Å². The minimum absolute atomic E-state index is 0.332. The fourth-order valence-electron chi connectivity index (χ4n) is 1.90. The Kier molecular flexibility index (Phi) is 4.87. The normalized spacial score (nSPS) is 11.4. The molecular formula is C14H19N3O2S2. The number of anilines is 2. The van der Waals surface area contributed by atoms with Gasteiger partial charge in [0.15, 0.2) is 0 Å². The van der Waals surface area contributed by atoms with Crippen molar-refractivity contribution in [3.63, 3.8) is 0 Å². The summed E-state index contributed by atoms with van der Waals surface area (Å²) < 4.78 is 27.5. The van der Waals surface area contributed by atoms with Gasteiger partial charge in [0.05, 0.1) is 0 Å². The summed E-state index contributed by atoms with van der Waals surface area (Å²) in [6, 6.07) is 8.90. The van der Waals surface area contributed by atoms with Gasteiger partial charge >= 0.3 is 0 Å². The third-order valence-corrected chi connectivity index (χ3v) is 5.48. The van der Waals surface area contributed by atoms with Gasteiger partial charge < -0.3 is 10.2 Å². The highest BCUT2D eigenvalue weighted by atomic mass is 32.2. The number of nitrogens with one attached hydrogen (secondary N) is 2. The number of hydrogen-bond acceptors (Lipinski definition) is 5. The van der Waals surface area contributed by atoms with Gasteiger partial charge in [-0.1, -0.05) is 0 Å². The predicted molar refractivity (Wildman–Crippen MR) is 88.7 cm³/mol. The highest BCUT2D eigenvalue weighted by Crippen LogP contribution is 2.25. The highest BCUT2D eigenvalue weighted by Gasteiger charge is 2.19. The molecule has 1 aromatic carbocycles. The van der Waals surface area contributed by atoms with Crippen LogP contribution in [0.3, 0.4) is 0 Å². The first kappa shape index (κ1) is 15.8. The lowest BCUT2D eigenvalue weighted by atomic mass is 10.3. The van der Waals surface area contributed by atoms with E-state index < -0.39 is 10.0 Å². The van der Waals surface area contributed by atoms with Crippen LogP contribution in [0.2, 0.25) is 0 Å². The molecule has 114 valence electrons. The van der Waals surface area contributed by atoms with Gasteiger partial charge in [0, 0.05) is 36.9 Å². The van der Waals surface area contributed by atoms with E-state index >= 15 is 0 Å². The maximum Gasteiger partial charge on any atom is 0.263 e. The molecule has 5 nitrogen and oxygen atoms in total. The lowest BCUT2D eigenvalue weighted by Gasteiger charge is -2.13. The van der Waals surface area contributed by atoms with Crippen LogP contribution in [0.5, 0.6) is 0 Å². The molecule has 2 aromatic rings. The average molecular weight is 325 g/mol. The molecule has 0 atom stereocenters. The van der Waals surface area contributed by atoms with E-state index in [1.54, 1.807) is 30.6 Å². The fourth-order valence-corrected chi connectivity index (χ4v) is 4.41. The Morgan fingerprint density at radius 3 is 2.38 bits per heavy atom. The van der Waals surface area contributed by atoms with Crippen LogP contribution in [-0.4, -0.2) is 29.6 Å². The van der Waals surface area contributed by atoms with E-state index in [9.17, 15) is 8.42 Å². The van der Waals surface area contributed by atoms with Gasteiger partial charge in [-0.2, -0.15) is 0 Å². The predicted octanol–water partition coefficient (Wildman–Crippen LogP) is 2.33. The first-order valence-corrected chi connectivity index (χ1v) is 8.81. The largest absolute Gasteiger partial charge is 0.378 e. The van der Waals surface area contributed by atoms with Crippen LogP contribution in [0.15, 0.2) is 40.6 Å². The summed E-state index contributed by atoms with van der Waals surface area (Å²) >= 11 is 1.43. The summed E-state index contributed by atoms with van der Waals surface area (Å²) in [6.07, 6.45) is 0. The number of hydrogen-bond donors (Lipinski definition) is 2. The van der Waals surface area contributed by atoms with E-state index in [0.717, 1.165) is 10.6 Å². The molecule has 0 aliphatic carbocycles. The molecule has 2 N–H and O–H groups in total. The van der Waals surface area contributed by atoms with E-state index in [4.69, 9.17) is 0 Å². The summed E-state index contributed by atoms with van der Waals surface area (Å²) in [5, 5.41) is 4.77. The Morgan fingerprint density at radius 2 is 1.81 bits per heavy atom. The maximum atomic E-state index is 12.4. The quantitative estimate of drug-likeness (QED) is 0.856. The summed E-state index contributed by atoms with van der Waals surface area (Å²) in [6.45, 7) is 0.535. The molecule has 0 radical (unpaired) electrons. The van der Waals surface area contributed by atoms with Crippen molar-refractivity contribution >= 4 is 32.7 Å². The fraction of sp³-hybridized carbons (Fsp3) is 0.286. The van der Waals surface area contributed by atoms with Crippen LogP contribution in [0, 0.1) is 0 Å². The van der Waals surface area contributed by atoms with Crippen molar-refractivity contribution in [2.45, 2.75) is 11.4 Å². The molecule has 0 aliphatic rings. The highest BCUT2D eigenvalue weighted by molar-refractivity contribution is 7.93. The molecule has 7 heteroatoms. The molecule has 21 heavy (non-hydrogen) atoms. The zero-order chi connectivity index (χ0) is 15.5. The number of nitrogens with zero attached hydrogens (tertiary/aromatic N) is 1. The van der Waals surface area contributed by atoms with Crippen molar-refractivity contribution in [1.29, 1.82) is 0 Å². The minimum Gasteiger partial charge on any atom is -0.378 e. The van der Waals surface area contributed by atoms with E-state index in [2.05, 4.69) is 10.0 Å². The molecule has 1 heterocycles. The third kappa shape index (κ3) is 3.75. The Balaban J connectivity index is 2.22. The molecule has 0 saturated heterocycles. The lowest BCUT2D eigenvalue weighted by molar-refractivity contribution is 0.600. The van der Waals surface area contributed by atoms with Crippen molar-refractivity contribution in [2.75, 3.05) is 30.8 Å². The molecule has 0 fully saturated rings. The number of rotatable bonds is 6. The van der Waals surface area contributed by atoms with E-state index in [-0.39, 0.29) is 0 Å². The smallest absolute Gasteiger partial charge is 0.263 e. The second-order valence-corrected chi connectivity index (χ2v) is 7.44. The Labute approximate surface area is 129 Å². The molecule has 0 aliphatic heterocycles. The summed E-state index contributed by atoms with van der Waals surface area (Å²) in [7, 11) is 2.12. The zero-order valence-corrected chi connectivity index (χ0v) is 13.9. The van der Waals surface area contributed by atoms with Crippen LogP contribution < -0.4 is 14.9 Å². The van der Waals surface area contributed by atoms with Crippen LogP contribution in [0.1, 0.15) is 4.88 Å². The van der Waals surface area contributed by atoms with Gasteiger partial charge in [-0.25, -0.2) is 8.42 Å². The molecule has 0 bridgehead atoms. The first-order chi connectivity index (χ1) is 9.94. The van der Waals surface area contributed by atoms with E-state index in [1.165, 1.54) is 11.3 Å². The van der Waals surface area contributed by atoms with Gasteiger partial charge in [0.25, 0.3) is 10.0 Å². The maximum absolute atomic E-state index is 12.4. The minimum atomic E-state index is -3.55. The second-order valence-electron chi connectivity index (χ2n) is 4.79. The molecular weight excluding hydrogens is 306 g/mol. The monoisotopic (exact) mass is 325 g/mol. The van der Waals surface area contributed by atoms with Crippen LogP contribution in [0.25, 0.3) is 0 Å². The Bertz CT molecular complexity index is 691. The average Bonchev–Trinajstić information content (AvgIpc) is 2.88. The van der Waals surface area contributed by atoms with Crippen LogP contribution >= 0.6 is 11.3 Å². The topological polar surface area (TPSA) is 61.4 Å². The Hall–Kier alpha value is -1.57. The third-order valence-electron chi connectivity index (χ3n) is 2.97. The van der Waals surface area contributed by atoms with Crippen LogP contribution in [-0.2, 0) is 16.6 Å². The van der Waals surface area contributed by atoms with Gasteiger partial charge in [-0.15, -0.1) is 11.3 Å². The van der Waals surface area contributed by atoms with Crippen molar-refractivity contribution < 1.29 is 8.42 Å². The number of sulfonamides is 1. The summed E-state index contributed by atoms with van der Waals surface area (Å²) in [5.74, 6) is 0. The summed E-state index contributed by atoms with van der Waals surface area (Å²) in [5.41, 5.74) is 1.58. The molecule has 1 aromatic heterocycles. The zero-order valence-electron chi connectivity index (χ0n) is 12.3. The SMILES string of the molecule is CNCc1sccc1S(=O)(=O)Nc1ccc(N(C)C)cc1. The van der Waals surface area contributed by atoms with E-state index in [0.29, 0.717) is 17.1 Å². The van der Waals surface area contributed by atoms with Crippen molar-refractivity contribution in [1.82, 2.24) is 5.32 Å². The molecule has 0 unspecified atom stereocenters. The molecule has 0 saturated carbocycles.